The van der Waals surface area contributed by atoms with Crippen LogP contribution in [-0.2, 0) is 23.5 Å². The highest BCUT2D eigenvalue weighted by molar-refractivity contribution is 7.89. The van der Waals surface area contributed by atoms with Gasteiger partial charge in [-0.3, -0.25) is 0 Å². The van der Waals surface area contributed by atoms with Crippen LogP contribution < -0.4 is 10.0 Å². The summed E-state index contributed by atoms with van der Waals surface area (Å²) in [5.41, 5.74) is 0.581. The van der Waals surface area contributed by atoms with E-state index in [9.17, 15) is 8.42 Å². The average Bonchev–Trinajstić information content (AvgIpc) is 2.84. The molecule has 1 heterocycles. The number of aromatic nitrogens is 2. The van der Waals surface area contributed by atoms with Crippen LogP contribution in [-0.4, -0.2) is 31.6 Å². The molecular weight excluding hydrogens is 276 g/mol. The molecule has 0 bridgehead atoms. The number of hydrogen-bond donors (Lipinski definition) is 2. The van der Waals surface area contributed by atoms with E-state index in [-0.39, 0.29) is 4.90 Å². The van der Waals surface area contributed by atoms with Crippen LogP contribution in [0, 0.1) is 0 Å². The van der Waals surface area contributed by atoms with E-state index in [0.29, 0.717) is 18.7 Å². The molecule has 0 aliphatic heterocycles. The number of hydrogen-bond acceptors (Lipinski definition) is 4. The first-order valence-electron chi connectivity index (χ1n) is 6.27. The van der Waals surface area contributed by atoms with Crippen LogP contribution in [0.3, 0.4) is 0 Å². The van der Waals surface area contributed by atoms with Crippen molar-refractivity contribution in [3.05, 3.63) is 42.5 Å². The predicted octanol–water partition coefficient (Wildman–Crippen LogP) is 0.983. The van der Waals surface area contributed by atoms with E-state index >= 15 is 0 Å². The van der Waals surface area contributed by atoms with E-state index in [4.69, 9.17) is 0 Å². The molecule has 0 spiro atoms. The molecule has 20 heavy (non-hydrogen) atoms. The molecule has 0 aliphatic carbocycles. The summed E-state index contributed by atoms with van der Waals surface area (Å²) >= 11 is 0. The molecule has 0 amide bonds. The Bertz CT molecular complexity index is 679. The summed E-state index contributed by atoms with van der Waals surface area (Å²) in [4.78, 5) is 4.41. The lowest BCUT2D eigenvalue weighted by molar-refractivity contribution is 0.580. The minimum absolute atomic E-state index is 0.252. The fourth-order valence-corrected chi connectivity index (χ4v) is 3.16. The molecule has 0 aliphatic rings. The minimum Gasteiger partial charge on any atom is -0.387 e. The van der Waals surface area contributed by atoms with Crippen molar-refractivity contribution >= 4 is 15.7 Å². The van der Waals surface area contributed by atoms with Crippen LogP contribution in [0.5, 0.6) is 0 Å². The molecule has 0 fully saturated rings. The smallest absolute Gasteiger partial charge is 0.242 e. The Morgan fingerprint density at radius 3 is 2.70 bits per heavy atom. The molecule has 2 rings (SSSR count). The standard InChI is InChI=1S/C13H18N4O2S/c1-14-11-5-3-4-6-12(11)20(18,19)16-8-7-13-15-9-10-17(13)2/h3-6,9-10,14,16H,7-8H2,1-2H3. The zero-order valence-corrected chi connectivity index (χ0v) is 12.3. The first-order chi connectivity index (χ1) is 9.54. The van der Waals surface area contributed by atoms with Crippen LogP contribution in [0.4, 0.5) is 5.69 Å². The number of benzene rings is 1. The van der Waals surface area contributed by atoms with Gasteiger partial charge in [0, 0.05) is 39.5 Å². The number of para-hydroxylation sites is 1. The van der Waals surface area contributed by atoms with Crippen molar-refractivity contribution in [2.75, 3.05) is 18.9 Å². The molecule has 2 N–H and O–H groups in total. The highest BCUT2D eigenvalue weighted by Crippen LogP contribution is 2.19. The fourth-order valence-electron chi connectivity index (χ4n) is 1.92. The van der Waals surface area contributed by atoms with Gasteiger partial charge < -0.3 is 9.88 Å². The number of nitrogens with one attached hydrogen (secondary N) is 2. The van der Waals surface area contributed by atoms with Gasteiger partial charge in [-0.05, 0) is 12.1 Å². The summed E-state index contributed by atoms with van der Waals surface area (Å²) in [6.45, 7) is 0.311. The van der Waals surface area contributed by atoms with Gasteiger partial charge in [0.15, 0.2) is 0 Å². The Hall–Kier alpha value is -1.86. The summed E-state index contributed by atoms with van der Waals surface area (Å²) in [6.07, 6.45) is 4.07. The Balaban J connectivity index is 2.06. The van der Waals surface area contributed by atoms with Gasteiger partial charge in [0.1, 0.15) is 10.7 Å². The van der Waals surface area contributed by atoms with Crippen LogP contribution in [0.1, 0.15) is 5.82 Å². The molecule has 0 atom stereocenters. The summed E-state index contributed by atoms with van der Waals surface area (Å²) < 4.78 is 29.0. The average molecular weight is 294 g/mol. The molecule has 0 radical (unpaired) electrons. The second-order valence-electron chi connectivity index (χ2n) is 4.35. The number of nitrogens with zero attached hydrogens (tertiary/aromatic N) is 2. The molecular formula is C13H18N4O2S. The number of imidazole rings is 1. The van der Waals surface area contributed by atoms with E-state index in [1.807, 2.05) is 17.8 Å². The van der Waals surface area contributed by atoms with Crippen molar-refractivity contribution in [2.45, 2.75) is 11.3 Å². The highest BCUT2D eigenvalue weighted by Gasteiger charge is 2.17. The second kappa shape index (κ2) is 6.06. The molecule has 0 saturated heterocycles. The van der Waals surface area contributed by atoms with Gasteiger partial charge in [0.2, 0.25) is 10.0 Å². The van der Waals surface area contributed by atoms with Crippen molar-refractivity contribution < 1.29 is 8.42 Å². The summed E-state index contributed by atoms with van der Waals surface area (Å²) in [5.74, 6) is 0.842. The maximum atomic E-state index is 12.2. The molecule has 1 aromatic heterocycles. The zero-order chi connectivity index (χ0) is 14.6. The summed E-state index contributed by atoms with van der Waals surface area (Å²) in [6, 6.07) is 6.80. The lowest BCUT2D eigenvalue weighted by Crippen LogP contribution is -2.27. The molecule has 2 aromatic rings. The van der Waals surface area contributed by atoms with Crippen molar-refractivity contribution in [1.82, 2.24) is 14.3 Å². The van der Waals surface area contributed by atoms with Crippen molar-refractivity contribution in [2.24, 2.45) is 7.05 Å². The third-order valence-corrected chi connectivity index (χ3v) is 4.53. The largest absolute Gasteiger partial charge is 0.387 e. The van der Waals surface area contributed by atoms with Crippen LogP contribution in [0.25, 0.3) is 0 Å². The van der Waals surface area contributed by atoms with Crippen molar-refractivity contribution in [3.8, 4) is 0 Å². The third-order valence-electron chi connectivity index (χ3n) is 3.01. The van der Waals surface area contributed by atoms with E-state index in [1.165, 1.54) is 0 Å². The minimum atomic E-state index is -3.52. The molecule has 7 heteroatoms. The van der Waals surface area contributed by atoms with E-state index < -0.39 is 10.0 Å². The maximum absolute atomic E-state index is 12.2. The number of anilines is 1. The fraction of sp³-hybridized carbons (Fsp3) is 0.308. The summed E-state index contributed by atoms with van der Waals surface area (Å²) in [5, 5.41) is 2.88. The zero-order valence-electron chi connectivity index (χ0n) is 11.5. The number of sulfonamides is 1. The third kappa shape index (κ3) is 3.17. The second-order valence-corrected chi connectivity index (χ2v) is 6.08. The van der Waals surface area contributed by atoms with Gasteiger partial charge in [-0.2, -0.15) is 0 Å². The van der Waals surface area contributed by atoms with Crippen LogP contribution >= 0.6 is 0 Å². The summed E-state index contributed by atoms with van der Waals surface area (Å²) in [7, 11) is 0.0601. The molecule has 6 nitrogen and oxygen atoms in total. The maximum Gasteiger partial charge on any atom is 0.242 e. The Kier molecular flexibility index (Phi) is 4.41. The molecule has 1 aromatic carbocycles. The Morgan fingerprint density at radius 2 is 2.05 bits per heavy atom. The van der Waals surface area contributed by atoms with Crippen LogP contribution in [0.15, 0.2) is 41.6 Å². The predicted molar refractivity (Wildman–Crippen MR) is 78.1 cm³/mol. The topological polar surface area (TPSA) is 76.0 Å². The van der Waals surface area contributed by atoms with E-state index in [2.05, 4.69) is 15.0 Å². The normalized spacial score (nSPS) is 11.5. The van der Waals surface area contributed by atoms with Gasteiger partial charge in [-0.1, -0.05) is 12.1 Å². The van der Waals surface area contributed by atoms with Crippen LogP contribution in [0.2, 0.25) is 0 Å². The van der Waals surface area contributed by atoms with Gasteiger partial charge in [0.25, 0.3) is 0 Å². The molecule has 108 valence electrons. The van der Waals surface area contributed by atoms with E-state index in [0.717, 1.165) is 5.82 Å². The lowest BCUT2D eigenvalue weighted by atomic mass is 10.3. The first-order valence-corrected chi connectivity index (χ1v) is 7.75. The quantitative estimate of drug-likeness (QED) is 0.833. The number of aryl methyl sites for hydroxylation is 1. The van der Waals surface area contributed by atoms with Gasteiger partial charge in [0.05, 0.1) is 5.69 Å². The number of rotatable bonds is 6. The van der Waals surface area contributed by atoms with Gasteiger partial charge >= 0.3 is 0 Å². The van der Waals surface area contributed by atoms with E-state index in [1.54, 1.807) is 37.5 Å². The highest BCUT2D eigenvalue weighted by atomic mass is 32.2. The lowest BCUT2D eigenvalue weighted by Gasteiger charge is -2.11. The molecule has 0 saturated carbocycles. The van der Waals surface area contributed by atoms with Gasteiger partial charge in [-0.15, -0.1) is 0 Å². The van der Waals surface area contributed by atoms with Crippen molar-refractivity contribution in [1.29, 1.82) is 0 Å². The molecule has 0 unspecified atom stereocenters. The first kappa shape index (κ1) is 14.5. The monoisotopic (exact) mass is 294 g/mol. The van der Waals surface area contributed by atoms with Crippen molar-refractivity contribution in [3.63, 3.8) is 0 Å². The SMILES string of the molecule is CNc1ccccc1S(=O)(=O)NCCc1nccn1C. The Labute approximate surface area is 118 Å². The van der Waals surface area contributed by atoms with Gasteiger partial charge in [-0.25, -0.2) is 18.1 Å². The Morgan fingerprint density at radius 1 is 1.30 bits per heavy atom.